The van der Waals surface area contributed by atoms with E-state index in [1.54, 1.807) is 17.8 Å². The minimum atomic E-state index is 0.194. The van der Waals surface area contributed by atoms with Gasteiger partial charge in [-0.15, -0.1) is 11.8 Å². The van der Waals surface area contributed by atoms with Gasteiger partial charge in [0.15, 0.2) is 0 Å². The van der Waals surface area contributed by atoms with E-state index in [-0.39, 0.29) is 5.75 Å². The van der Waals surface area contributed by atoms with Gasteiger partial charge in [-0.3, -0.25) is 4.98 Å². The minimum Gasteiger partial charge on any atom is -0.506 e. The summed E-state index contributed by atoms with van der Waals surface area (Å²) in [6.07, 6.45) is 3.51. The van der Waals surface area contributed by atoms with E-state index in [9.17, 15) is 0 Å². The van der Waals surface area contributed by atoms with Crippen molar-refractivity contribution in [1.29, 1.82) is 0 Å². The Balaban J connectivity index is 0.000000191. The standard InChI is InChI=1S/C12H11NOS.C10H19N.C2H6/c1-15-11-5-2-9(3-6-11)12-7-4-10(14)8-13-12;1-7(2)4-11-5-9-8(3)10(9)6-11;1-2/h2-8,14H,1H3;7-10H,4-6H2,1-3H3;1-2H3. The molecule has 2 aromatic rings. The van der Waals surface area contributed by atoms with Crippen molar-refractivity contribution in [3.8, 4) is 17.0 Å². The third-order valence-electron chi connectivity index (χ3n) is 5.45. The molecule has 1 N–H and O–H groups in total. The third-order valence-corrected chi connectivity index (χ3v) is 6.20. The maximum atomic E-state index is 9.12. The van der Waals surface area contributed by atoms with Crippen molar-refractivity contribution in [3.05, 3.63) is 42.6 Å². The highest BCUT2D eigenvalue weighted by molar-refractivity contribution is 7.98. The fourth-order valence-electron chi connectivity index (χ4n) is 3.89. The Morgan fingerprint density at radius 3 is 2.14 bits per heavy atom. The van der Waals surface area contributed by atoms with Gasteiger partial charge in [-0.1, -0.05) is 46.8 Å². The van der Waals surface area contributed by atoms with Gasteiger partial charge in [0.1, 0.15) is 5.75 Å². The Labute approximate surface area is 175 Å². The molecule has 4 rings (SSSR count). The van der Waals surface area contributed by atoms with Crippen molar-refractivity contribution in [2.75, 3.05) is 25.9 Å². The van der Waals surface area contributed by atoms with Gasteiger partial charge in [0.25, 0.3) is 0 Å². The number of piperidine rings is 1. The molecular weight excluding hydrogens is 364 g/mol. The lowest BCUT2D eigenvalue weighted by atomic mass is 10.1. The predicted molar refractivity (Wildman–Crippen MR) is 122 cm³/mol. The van der Waals surface area contributed by atoms with E-state index >= 15 is 0 Å². The highest BCUT2D eigenvalue weighted by atomic mass is 32.2. The van der Waals surface area contributed by atoms with Gasteiger partial charge in [0.2, 0.25) is 0 Å². The van der Waals surface area contributed by atoms with Gasteiger partial charge in [-0.2, -0.15) is 0 Å². The SMILES string of the molecule is CC.CC(C)CN1CC2C(C)C2C1.CSc1ccc(-c2ccc(O)cn2)cc1. The van der Waals surface area contributed by atoms with Crippen LogP contribution in [-0.2, 0) is 0 Å². The summed E-state index contributed by atoms with van der Waals surface area (Å²) in [5.74, 6) is 4.25. The van der Waals surface area contributed by atoms with E-state index < -0.39 is 0 Å². The Morgan fingerprint density at radius 2 is 1.68 bits per heavy atom. The smallest absolute Gasteiger partial charge is 0.133 e. The Kier molecular flexibility index (Phi) is 8.84. The highest BCUT2D eigenvalue weighted by Gasteiger charge is 2.52. The van der Waals surface area contributed by atoms with E-state index in [1.807, 2.05) is 38.3 Å². The number of thioether (sulfide) groups is 1. The normalized spacial score (nSPS) is 22.6. The number of pyridine rings is 1. The van der Waals surface area contributed by atoms with Crippen molar-refractivity contribution >= 4 is 11.8 Å². The summed E-state index contributed by atoms with van der Waals surface area (Å²) in [5, 5.41) is 9.12. The molecule has 1 aliphatic heterocycles. The van der Waals surface area contributed by atoms with Gasteiger partial charge in [0.05, 0.1) is 11.9 Å². The van der Waals surface area contributed by atoms with Crippen molar-refractivity contribution in [2.45, 2.75) is 39.5 Å². The monoisotopic (exact) mass is 400 g/mol. The average molecular weight is 401 g/mol. The first-order valence-electron chi connectivity index (χ1n) is 10.5. The van der Waals surface area contributed by atoms with E-state index in [0.29, 0.717) is 0 Å². The zero-order chi connectivity index (χ0) is 20.7. The average Bonchev–Trinajstić information content (AvgIpc) is 3.11. The van der Waals surface area contributed by atoms with Crippen molar-refractivity contribution in [1.82, 2.24) is 9.88 Å². The lowest BCUT2D eigenvalue weighted by Crippen LogP contribution is -2.28. The van der Waals surface area contributed by atoms with E-state index in [4.69, 9.17) is 5.11 Å². The molecule has 0 amide bonds. The molecule has 1 aliphatic carbocycles. The second kappa shape index (κ2) is 10.9. The lowest BCUT2D eigenvalue weighted by Gasteiger charge is -2.20. The Morgan fingerprint density at radius 1 is 1.07 bits per heavy atom. The van der Waals surface area contributed by atoms with Crippen LogP contribution in [0.15, 0.2) is 47.5 Å². The molecule has 2 unspecified atom stereocenters. The number of benzene rings is 1. The lowest BCUT2D eigenvalue weighted by molar-refractivity contribution is 0.258. The molecule has 0 radical (unpaired) electrons. The number of aromatic hydroxyl groups is 1. The van der Waals surface area contributed by atoms with Gasteiger partial charge in [-0.05, 0) is 54.2 Å². The van der Waals surface area contributed by atoms with Gasteiger partial charge < -0.3 is 10.0 Å². The van der Waals surface area contributed by atoms with E-state index in [0.717, 1.165) is 34.9 Å². The first-order valence-corrected chi connectivity index (χ1v) is 11.7. The predicted octanol–water partition coefficient (Wildman–Crippen LogP) is 6.04. The molecule has 2 heterocycles. The molecular formula is C24H36N2OS. The molecule has 0 spiro atoms. The van der Waals surface area contributed by atoms with Gasteiger partial charge in [-0.25, -0.2) is 0 Å². The first-order chi connectivity index (χ1) is 13.5. The number of fused-ring (bicyclic) bond motifs is 1. The van der Waals surface area contributed by atoms with E-state index in [1.165, 1.54) is 30.7 Å². The van der Waals surface area contributed by atoms with Crippen LogP contribution in [-0.4, -0.2) is 40.9 Å². The fraction of sp³-hybridized carbons (Fsp3) is 0.542. The number of aromatic nitrogens is 1. The summed E-state index contributed by atoms with van der Waals surface area (Å²) < 4.78 is 0. The molecule has 154 valence electrons. The first kappa shape index (κ1) is 22.8. The maximum Gasteiger partial charge on any atom is 0.133 e. The molecule has 4 heteroatoms. The Bertz CT molecular complexity index is 688. The largest absolute Gasteiger partial charge is 0.506 e. The minimum absolute atomic E-state index is 0.194. The summed E-state index contributed by atoms with van der Waals surface area (Å²) in [5.41, 5.74) is 1.94. The topological polar surface area (TPSA) is 36.4 Å². The van der Waals surface area contributed by atoms with Crippen LogP contribution in [0.3, 0.4) is 0 Å². The van der Waals surface area contributed by atoms with Crippen LogP contribution in [0.5, 0.6) is 5.75 Å². The molecule has 0 bridgehead atoms. The summed E-state index contributed by atoms with van der Waals surface area (Å²) >= 11 is 1.71. The van der Waals surface area contributed by atoms with Gasteiger partial charge in [0, 0.05) is 30.1 Å². The van der Waals surface area contributed by atoms with Gasteiger partial charge >= 0.3 is 0 Å². The molecule has 1 aromatic heterocycles. The second-order valence-corrected chi connectivity index (χ2v) is 8.81. The molecule has 2 atom stereocenters. The van der Waals surface area contributed by atoms with Crippen LogP contribution < -0.4 is 0 Å². The van der Waals surface area contributed by atoms with Crippen LogP contribution in [0.1, 0.15) is 34.6 Å². The zero-order valence-electron chi connectivity index (χ0n) is 18.2. The fourth-order valence-corrected chi connectivity index (χ4v) is 4.30. The van der Waals surface area contributed by atoms with Crippen molar-refractivity contribution in [3.63, 3.8) is 0 Å². The van der Waals surface area contributed by atoms with E-state index in [2.05, 4.69) is 42.8 Å². The molecule has 3 nitrogen and oxygen atoms in total. The highest BCUT2D eigenvalue weighted by Crippen LogP contribution is 2.51. The number of rotatable bonds is 4. The van der Waals surface area contributed by atoms with Crippen molar-refractivity contribution in [2.24, 2.45) is 23.7 Å². The summed E-state index contributed by atoms with van der Waals surface area (Å²) in [6.45, 7) is 15.1. The molecule has 2 aliphatic rings. The van der Waals surface area contributed by atoms with Crippen LogP contribution in [0, 0.1) is 23.7 Å². The molecule has 1 aromatic carbocycles. The van der Waals surface area contributed by atoms with Crippen molar-refractivity contribution < 1.29 is 5.11 Å². The zero-order valence-corrected chi connectivity index (χ0v) is 19.0. The second-order valence-electron chi connectivity index (χ2n) is 7.93. The van der Waals surface area contributed by atoms with Crippen LogP contribution >= 0.6 is 11.8 Å². The quantitative estimate of drug-likeness (QED) is 0.635. The number of hydrogen-bond donors (Lipinski definition) is 1. The molecule has 28 heavy (non-hydrogen) atoms. The summed E-state index contributed by atoms with van der Waals surface area (Å²) in [6, 6.07) is 11.6. The number of hydrogen-bond acceptors (Lipinski definition) is 4. The number of likely N-dealkylation sites (tertiary alicyclic amines) is 1. The molecule has 2 fully saturated rings. The molecule has 1 saturated carbocycles. The Hall–Kier alpha value is -1.52. The van der Waals surface area contributed by atoms with Crippen LogP contribution in [0.2, 0.25) is 0 Å². The van der Waals surface area contributed by atoms with Crippen LogP contribution in [0.25, 0.3) is 11.3 Å². The van der Waals surface area contributed by atoms with Crippen LogP contribution in [0.4, 0.5) is 0 Å². The molecule has 1 saturated heterocycles. The summed E-state index contributed by atoms with van der Waals surface area (Å²) in [7, 11) is 0. The maximum absolute atomic E-state index is 9.12. The summed E-state index contributed by atoms with van der Waals surface area (Å²) in [4.78, 5) is 8.02. The number of nitrogens with zero attached hydrogens (tertiary/aromatic N) is 2. The third kappa shape index (κ3) is 6.25.